The fourth-order valence-corrected chi connectivity index (χ4v) is 3.60. The van der Waals surface area contributed by atoms with Gasteiger partial charge in [-0.25, -0.2) is 0 Å². The van der Waals surface area contributed by atoms with E-state index in [-0.39, 0.29) is 18.0 Å². The maximum Gasteiger partial charge on any atom is 0.311 e. The maximum atomic E-state index is 11.9. The molecule has 0 heterocycles. The molecule has 0 atom stereocenters. The number of aliphatic hydroxyl groups is 1. The highest BCUT2D eigenvalue weighted by Crippen LogP contribution is 2.27. The zero-order valence-corrected chi connectivity index (χ0v) is 20.6. The van der Waals surface area contributed by atoms with Crippen LogP contribution in [0.25, 0.3) is 0 Å². The minimum atomic E-state index is -0.402. The number of rotatable bonds is 18. The second-order valence-electron chi connectivity index (χ2n) is 9.77. The van der Waals surface area contributed by atoms with Gasteiger partial charge >= 0.3 is 11.9 Å². The number of carbonyl (C=O) groups is 2. The van der Waals surface area contributed by atoms with Gasteiger partial charge in [-0.15, -0.1) is 0 Å². The van der Waals surface area contributed by atoms with Gasteiger partial charge in [0.2, 0.25) is 0 Å². The van der Waals surface area contributed by atoms with Crippen molar-refractivity contribution in [3.63, 3.8) is 0 Å². The van der Waals surface area contributed by atoms with Crippen molar-refractivity contribution in [1.29, 1.82) is 0 Å². The van der Waals surface area contributed by atoms with Crippen LogP contribution in [0.3, 0.4) is 0 Å². The summed E-state index contributed by atoms with van der Waals surface area (Å²) >= 11 is 0. The van der Waals surface area contributed by atoms with Gasteiger partial charge in [0, 0.05) is 0 Å². The standard InChI is InChI=1S/C25H48O5/c1-7-29-22(27)24(3,4)19-15-11-9-13-17-21(26)18-14-10-12-16-20-25(5,6)23(28)30-8-2/h21,26H,7-20H2,1-6H3. The Bertz CT molecular complexity index is 428. The van der Waals surface area contributed by atoms with Crippen molar-refractivity contribution in [2.45, 2.75) is 125 Å². The van der Waals surface area contributed by atoms with Gasteiger partial charge in [-0.2, -0.15) is 0 Å². The summed E-state index contributed by atoms with van der Waals surface area (Å²) < 4.78 is 10.2. The zero-order chi connectivity index (χ0) is 23.0. The lowest BCUT2D eigenvalue weighted by Gasteiger charge is -2.22. The smallest absolute Gasteiger partial charge is 0.311 e. The van der Waals surface area contributed by atoms with E-state index in [1.807, 2.05) is 41.5 Å². The molecule has 0 amide bonds. The zero-order valence-electron chi connectivity index (χ0n) is 20.6. The molecule has 1 N–H and O–H groups in total. The van der Waals surface area contributed by atoms with E-state index in [9.17, 15) is 14.7 Å². The molecule has 0 fully saturated rings. The summed E-state index contributed by atoms with van der Waals surface area (Å²) in [6.45, 7) is 12.4. The van der Waals surface area contributed by atoms with E-state index in [2.05, 4.69) is 0 Å². The molecule has 0 aromatic heterocycles. The third-order valence-electron chi connectivity index (χ3n) is 5.83. The molecular weight excluding hydrogens is 380 g/mol. The van der Waals surface area contributed by atoms with Gasteiger partial charge in [0.05, 0.1) is 30.1 Å². The largest absolute Gasteiger partial charge is 0.466 e. The molecule has 0 aliphatic carbocycles. The lowest BCUT2D eigenvalue weighted by atomic mass is 9.86. The van der Waals surface area contributed by atoms with Crippen LogP contribution in [0.5, 0.6) is 0 Å². The van der Waals surface area contributed by atoms with Gasteiger partial charge < -0.3 is 14.6 Å². The van der Waals surface area contributed by atoms with Crippen molar-refractivity contribution in [1.82, 2.24) is 0 Å². The fraction of sp³-hybridized carbons (Fsp3) is 0.920. The SMILES string of the molecule is CCOC(=O)C(C)(C)CCCCCCC(O)CCCCCCC(C)(C)C(=O)OCC. The van der Waals surface area contributed by atoms with E-state index in [1.165, 1.54) is 0 Å². The Morgan fingerprint density at radius 1 is 0.667 bits per heavy atom. The van der Waals surface area contributed by atoms with E-state index in [0.29, 0.717) is 13.2 Å². The van der Waals surface area contributed by atoms with Crippen LogP contribution in [0.1, 0.15) is 119 Å². The number of hydrogen-bond donors (Lipinski definition) is 1. The minimum absolute atomic E-state index is 0.107. The van der Waals surface area contributed by atoms with Crippen molar-refractivity contribution in [2.24, 2.45) is 10.8 Å². The summed E-state index contributed by atoms with van der Waals surface area (Å²) in [5, 5.41) is 10.2. The number of ether oxygens (including phenoxy) is 2. The second-order valence-corrected chi connectivity index (χ2v) is 9.77. The van der Waals surface area contributed by atoms with Gasteiger partial charge in [-0.3, -0.25) is 9.59 Å². The van der Waals surface area contributed by atoms with Crippen LogP contribution < -0.4 is 0 Å². The number of hydrogen-bond acceptors (Lipinski definition) is 5. The Morgan fingerprint density at radius 2 is 1.00 bits per heavy atom. The average molecular weight is 429 g/mol. The number of unbranched alkanes of at least 4 members (excludes halogenated alkanes) is 6. The van der Waals surface area contributed by atoms with Crippen molar-refractivity contribution >= 4 is 11.9 Å². The number of aliphatic hydroxyl groups excluding tert-OH is 1. The van der Waals surface area contributed by atoms with E-state index >= 15 is 0 Å². The van der Waals surface area contributed by atoms with Crippen LogP contribution in [0.15, 0.2) is 0 Å². The highest BCUT2D eigenvalue weighted by molar-refractivity contribution is 5.76. The highest BCUT2D eigenvalue weighted by atomic mass is 16.5. The van der Waals surface area contributed by atoms with Crippen molar-refractivity contribution in [3.05, 3.63) is 0 Å². The molecule has 0 spiro atoms. The van der Waals surface area contributed by atoms with E-state index in [4.69, 9.17) is 9.47 Å². The molecule has 5 heteroatoms. The summed E-state index contributed by atoms with van der Waals surface area (Å²) in [6.07, 6.45) is 11.7. The van der Waals surface area contributed by atoms with Crippen molar-refractivity contribution in [3.8, 4) is 0 Å². The number of carbonyl (C=O) groups excluding carboxylic acids is 2. The fourth-order valence-electron chi connectivity index (χ4n) is 3.60. The van der Waals surface area contributed by atoms with Gasteiger partial charge in [0.25, 0.3) is 0 Å². The Hall–Kier alpha value is -1.10. The van der Waals surface area contributed by atoms with Crippen molar-refractivity contribution in [2.75, 3.05) is 13.2 Å². The molecule has 0 saturated carbocycles. The molecule has 0 aromatic carbocycles. The predicted molar refractivity (Wildman–Crippen MR) is 122 cm³/mol. The van der Waals surface area contributed by atoms with Crippen molar-refractivity contribution < 1.29 is 24.2 Å². The van der Waals surface area contributed by atoms with E-state index < -0.39 is 10.8 Å². The summed E-state index contributed by atoms with van der Waals surface area (Å²) in [6, 6.07) is 0. The summed E-state index contributed by atoms with van der Waals surface area (Å²) in [5.41, 5.74) is -0.803. The molecule has 178 valence electrons. The van der Waals surface area contributed by atoms with E-state index in [0.717, 1.165) is 77.0 Å². The highest BCUT2D eigenvalue weighted by Gasteiger charge is 2.29. The van der Waals surface area contributed by atoms with Crippen LogP contribution in [0.2, 0.25) is 0 Å². The average Bonchev–Trinajstić information content (AvgIpc) is 2.67. The van der Waals surface area contributed by atoms with E-state index in [1.54, 1.807) is 0 Å². The lowest BCUT2D eigenvalue weighted by molar-refractivity contribution is -0.154. The normalized spacial score (nSPS) is 12.3. The number of esters is 2. The first kappa shape index (κ1) is 28.9. The first-order valence-electron chi connectivity index (χ1n) is 12.1. The Kier molecular flexibility index (Phi) is 15.1. The summed E-state index contributed by atoms with van der Waals surface area (Å²) in [7, 11) is 0. The van der Waals surface area contributed by atoms with Crippen LogP contribution in [0.4, 0.5) is 0 Å². The molecule has 30 heavy (non-hydrogen) atoms. The Balaban J connectivity index is 3.68. The monoisotopic (exact) mass is 428 g/mol. The molecule has 0 radical (unpaired) electrons. The second kappa shape index (κ2) is 15.7. The third kappa shape index (κ3) is 13.3. The van der Waals surface area contributed by atoms with Gasteiger partial charge in [-0.1, -0.05) is 51.4 Å². The molecule has 0 aromatic rings. The van der Waals surface area contributed by atoms with Crippen LogP contribution >= 0.6 is 0 Å². The van der Waals surface area contributed by atoms with Gasteiger partial charge in [-0.05, 0) is 67.2 Å². The lowest BCUT2D eigenvalue weighted by Crippen LogP contribution is -2.26. The molecule has 0 rings (SSSR count). The first-order chi connectivity index (χ1) is 14.1. The molecule has 5 nitrogen and oxygen atoms in total. The summed E-state index contributed by atoms with van der Waals surface area (Å²) in [5.74, 6) is -0.213. The Labute approximate surface area is 185 Å². The van der Waals surface area contributed by atoms with Crippen LogP contribution in [-0.2, 0) is 19.1 Å². The molecule has 0 saturated heterocycles. The van der Waals surface area contributed by atoms with Crippen LogP contribution in [-0.4, -0.2) is 36.4 Å². The third-order valence-corrected chi connectivity index (χ3v) is 5.83. The molecule has 0 bridgehead atoms. The maximum absolute atomic E-state index is 11.9. The topological polar surface area (TPSA) is 72.8 Å². The predicted octanol–water partition coefficient (Wildman–Crippen LogP) is 6.21. The van der Waals surface area contributed by atoms with Crippen LogP contribution in [0, 0.1) is 10.8 Å². The summed E-state index contributed by atoms with van der Waals surface area (Å²) in [4.78, 5) is 23.7. The Morgan fingerprint density at radius 3 is 1.33 bits per heavy atom. The first-order valence-corrected chi connectivity index (χ1v) is 12.1. The molecular formula is C25H48O5. The molecule has 0 aliphatic heterocycles. The minimum Gasteiger partial charge on any atom is -0.466 e. The quantitative estimate of drug-likeness (QED) is 0.208. The van der Waals surface area contributed by atoms with Gasteiger partial charge in [0.15, 0.2) is 0 Å². The molecule has 0 aliphatic rings. The molecule has 0 unspecified atom stereocenters. The van der Waals surface area contributed by atoms with Gasteiger partial charge in [0.1, 0.15) is 0 Å².